The molecule has 2 heterocycles. The van der Waals surface area contributed by atoms with E-state index in [1.54, 1.807) is 0 Å². The number of aliphatic imine (C=N–C) groups is 1. The van der Waals surface area contributed by atoms with Crippen molar-refractivity contribution in [3.05, 3.63) is 41.3 Å². The molecule has 0 aliphatic heterocycles. The van der Waals surface area contributed by atoms with Crippen LogP contribution >= 0.6 is 24.0 Å². The van der Waals surface area contributed by atoms with Gasteiger partial charge in [-0.05, 0) is 50.8 Å². The summed E-state index contributed by atoms with van der Waals surface area (Å²) in [6.45, 7) is 14.1. The molecule has 0 amide bonds. The molecule has 0 aliphatic carbocycles. The van der Waals surface area contributed by atoms with Crippen molar-refractivity contribution in [1.29, 1.82) is 0 Å². The van der Waals surface area contributed by atoms with Gasteiger partial charge in [-0.15, -0.1) is 24.0 Å². The molecular weight excluding hydrogens is 479 g/mol. The van der Waals surface area contributed by atoms with Crippen molar-refractivity contribution in [1.82, 2.24) is 25.4 Å². The van der Waals surface area contributed by atoms with E-state index in [0.717, 1.165) is 54.8 Å². The minimum atomic E-state index is 0. The van der Waals surface area contributed by atoms with Gasteiger partial charge in [0, 0.05) is 31.6 Å². The van der Waals surface area contributed by atoms with Gasteiger partial charge in [0.25, 0.3) is 0 Å². The highest BCUT2D eigenvalue weighted by Gasteiger charge is 2.05. The number of hydrogen-bond donors (Lipinski definition) is 2. The summed E-state index contributed by atoms with van der Waals surface area (Å²) in [5.41, 5.74) is 3.11. The van der Waals surface area contributed by atoms with Gasteiger partial charge in [0.15, 0.2) is 11.8 Å². The predicted octanol–water partition coefficient (Wildman–Crippen LogP) is 3.62. The Hall–Kier alpha value is -1.68. The van der Waals surface area contributed by atoms with Gasteiger partial charge in [-0.1, -0.05) is 19.9 Å². The van der Waals surface area contributed by atoms with Crippen molar-refractivity contribution < 1.29 is 4.74 Å². The van der Waals surface area contributed by atoms with Crippen LogP contribution in [-0.2, 0) is 11.3 Å². The maximum Gasteiger partial charge on any atom is 0.191 e. The number of aryl methyl sites for hydroxylation is 2. The van der Waals surface area contributed by atoms with Crippen LogP contribution in [0, 0.1) is 19.8 Å². The summed E-state index contributed by atoms with van der Waals surface area (Å²) in [4.78, 5) is 9.16. The van der Waals surface area contributed by atoms with E-state index in [2.05, 4.69) is 46.5 Å². The minimum absolute atomic E-state index is 0. The molecule has 0 atom stereocenters. The molecule has 2 N–H and O–H groups in total. The highest BCUT2D eigenvalue weighted by Crippen LogP contribution is 2.10. The normalized spacial score (nSPS) is 11.4. The number of ether oxygens (including phenoxy) is 1. The number of pyridine rings is 1. The van der Waals surface area contributed by atoms with Crippen molar-refractivity contribution in [2.24, 2.45) is 10.9 Å². The number of hydrogen-bond acceptors (Lipinski definition) is 4. The van der Waals surface area contributed by atoms with E-state index in [4.69, 9.17) is 4.74 Å². The number of rotatable bonds is 10. The van der Waals surface area contributed by atoms with Gasteiger partial charge in [0.2, 0.25) is 0 Å². The fraction of sp³-hybridized carbons (Fsp3) is 0.571. The Morgan fingerprint density at radius 2 is 2.00 bits per heavy atom. The molecule has 0 saturated heterocycles. The highest BCUT2D eigenvalue weighted by molar-refractivity contribution is 14.0. The lowest BCUT2D eigenvalue weighted by Crippen LogP contribution is -2.39. The summed E-state index contributed by atoms with van der Waals surface area (Å²) in [6, 6.07) is 6.06. The van der Waals surface area contributed by atoms with Crippen molar-refractivity contribution in [3.63, 3.8) is 0 Å². The van der Waals surface area contributed by atoms with Crippen molar-refractivity contribution in [3.8, 4) is 5.82 Å². The molecule has 0 radical (unpaired) electrons. The highest BCUT2D eigenvalue weighted by atomic mass is 127. The first kappa shape index (κ1) is 25.4. The van der Waals surface area contributed by atoms with Crippen LogP contribution in [0.1, 0.15) is 44.1 Å². The fourth-order valence-electron chi connectivity index (χ4n) is 2.67. The zero-order valence-electron chi connectivity index (χ0n) is 18.2. The van der Waals surface area contributed by atoms with Crippen LogP contribution in [0.4, 0.5) is 0 Å². The largest absolute Gasteiger partial charge is 0.380 e. The molecule has 0 saturated carbocycles. The van der Waals surface area contributed by atoms with Gasteiger partial charge in [0.05, 0.1) is 18.8 Å². The Morgan fingerprint density at radius 1 is 1.21 bits per heavy atom. The van der Waals surface area contributed by atoms with E-state index < -0.39 is 0 Å². The molecule has 2 aromatic heterocycles. The molecule has 2 aromatic rings. The Balaban J connectivity index is 0.00000420. The zero-order valence-corrected chi connectivity index (χ0v) is 20.6. The second-order valence-corrected chi connectivity index (χ2v) is 7.28. The lowest BCUT2D eigenvalue weighted by atomic mass is 10.1. The van der Waals surface area contributed by atoms with E-state index in [1.165, 1.54) is 0 Å². The first-order chi connectivity index (χ1) is 13.5. The SMILES string of the molecule is CCNC(=NCc1ccc(-n2nc(C)cc2C)nc1)NCCOCCC(C)C.I. The van der Waals surface area contributed by atoms with Gasteiger partial charge in [0.1, 0.15) is 0 Å². The Morgan fingerprint density at radius 3 is 2.59 bits per heavy atom. The maximum atomic E-state index is 5.64. The lowest BCUT2D eigenvalue weighted by Gasteiger charge is -2.12. The standard InChI is InChI=1S/C21H34N6O.HI/c1-6-22-21(23-10-12-28-11-9-16(2)3)25-15-19-7-8-20(24-14-19)27-18(5)13-17(4)26-27;/h7-8,13-14,16H,6,9-12,15H2,1-5H3,(H2,22,23,25);1H. The molecule has 7 nitrogen and oxygen atoms in total. The van der Waals surface area contributed by atoms with Crippen LogP contribution < -0.4 is 10.6 Å². The quantitative estimate of drug-likeness (QED) is 0.219. The Bertz CT molecular complexity index is 742. The maximum absolute atomic E-state index is 5.64. The smallest absolute Gasteiger partial charge is 0.191 e. The Labute approximate surface area is 191 Å². The zero-order chi connectivity index (χ0) is 20.4. The van der Waals surface area contributed by atoms with E-state index in [1.807, 2.05) is 42.9 Å². The van der Waals surface area contributed by atoms with Gasteiger partial charge < -0.3 is 15.4 Å². The van der Waals surface area contributed by atoms with Crippen LogP contribution in [0.3, 0.4) is 0 Å². The summed E-state index contributed by atoms with van der Waals surface area (Å²) < 4.78 is 7.49. The summed E-state index contributed by atoms with van der Waals surface area (Å²) in [7, 11) is 0. The number of nitrogens with one attached hydrogen (secondary N) is 2. The lowest BCUT2D eigenvalue weighted by molar-refractivity contribution is 0.128. The molecule has 0 spiro atoms. The van der Waals surface area contributed by atoms with Gasteiger partial charge in [-0.2, -0.15) is 5.10 Å². The number of halogens is 1. The van der Waals surface area contributed by atoms with E-state index in [9.17, 15) is 0 Å². The fourth-order valence-corrected chi connectivity index (χ4v) is 2.67. The number of aromatic nitrogens is 3. The number of guanidine groups is 1. The molecular formula is C21H35IN6O. The summed E-state index contributed by atoms with van der Waals surface area (Å²) in [6.07, 6.45) is 2.95. The third-order valence-electron chi connectivity index (χ3n) is 4.18. The number of nitrogens with zero attached hydrogens (tertiary/aromatic N) is 4. The molecule has 0 fully saturated rings. The van der Waals surface area contributed by atoms with E-state index in [0.29, 0.717) is 19.1 Å². The molecule has 0 aromatic carbocycles. The molecule has 0 bridgehead atoms. The van der Waals surface area contributed by atoms with Gasteiger partial charge >= 0.3 is 0 Å². The summed E-state index contributed by atoms with van der Waals surface area (Å²) in [5, 5.41) is 11.0. The monoisotopic (exact) mass is 514 g/mol. The second kappa shape index (κ2) is 13.5. The van der Waals surface area contributed by atoms with E-state index >= 15 is 0 Å². The third-order valence-corrected chi connectivity index (χ3v) is 4.18. The molecule has 0 aliphatic rings. The predicted molar refractivity (Wildman–Crippen MR) is 129 cm³/mol. The molecule has 0 unspecified atom stereocenters. The average molecular weight is 514 g/mol. The van der Waals surface area contributed by atoms with Crippen LogP contribution in [-0.4, -0.2) is 47.0 Å². The summed E-state index contributed by atoms with van der Waals surface area (Å²) >= 11 is 0. The van der Waals surface area contributed by atoms with Crippen LogP contribution in [0.25, 0.3) is 5.82 Å². The molecule has 162 valence electrons. The first-order valence-electron chi connectivity index (χ1n) is 10.1. The molecule has 2 rings (SSSR count). The van der Waals surface area contributed by atoms with Crippen molar-refractivity contribution in [2.45, 2.75) is 47.6 Å². The van der Waals surface area contributed by atoms with Gasteiger partial charge in [-0.3, -0.25) is 0 Å². The Kier molecular flexibility index (Phi) is 11.8. The molecule has 29 heavy (non-hydrogen) atoms. The first-order valence-corrected chi connectivity index (χ1v) is 10.1. The average Bonchev–Trinajstić information content (AvgIpc) is 3.00. The summed E-state index contributed by atoms with van der Waals surface area (Å²) in [5.74, 6) is 2.28. The minimum Gasteiger partial charge on any atom is -0.380 e. The molecule has 8 heteroatoms. The van der Waals surface area contributed by atoms with Crippen molar-refractivity contribution >= 4 is 29.9 Å². The second-order valence-electron chi connectivity index (χ2n) is 7.28. The van der Waals surface area contributed by atoms with Gasteiger partial charge in [-0.25, -0.2) is 14.7 Å². The van der Waals surface area contributed by atoms with Crippen molar-refractivity contribution in [2.75, 3.05) is 26.3 Å². The van der Waals surface area contributed by atoms with Crippen LogP contribution in [0.2, 0.25) is 0 Å². The topological polar surface area (TPSA) is 76.4 Å². The van der Waals surface area contributed by atoms with Crippen LogP contribution in [0.5, 0.6) is 0 Å². The van der Waals surface area contributed by atoms with E-state index in [-0.39, 0.29) is 24.0 Å². The van der Waals surface area contributed by atoms with Crippen LogP contribution in [0.15, 0.2) is 29.4 Å². The third kappa shape index (κ3) is 9.12.